The molecule has 2 aromatic carbocycles. The van der Waals surface area contributed by atoms with Crippen molar-refractivity contribution in [2.75, 3.05) is 0 Å². The summed E-state index contributed by atoms with van der Waals surface area (Å²) in [6.45, 7) is 0. The monoisotopic (exact) mass is 375 g/mol. The first-order chi connectivity index (χ1) is 9.79. The first kappa shape index (κ1) is 15.4. The van der Waals surface area contributed by atoms with Crippen LogP contribution in [0.4, 0.5) is 10.1 Å². The lowest BCUT2D eigenvalue weighted by Gasteiger charge is -2.08. The molecule has 0 atom stereocenters. The van der Waals surface area contributed by atoms with E-state index in [4.69, 9.17) is 4.18 Å². The van der Waals surface area contributed by atoms with Crippen LogP contribution in [0.2, 0.25) is 0 Å². The van der Waals surface area contributed by atoms with E-state index in [0.717, 1.165) is 18.2 Å². The van der Waals surface area contributed by atoms with Gasteiger partial charge in [0.1, 0.15) is 16.5 Å². The molecule has 0 radical (unpaired) electrons. The highest BCUT2D eigenvalue weighted by Gasteiger charge is 2.22. The molecule has 6 nitrogen and oxygen atoms in total. The van der Waals surface area contributed by atoms with E-state index in [1.807, 2.05) is 0 Å². The van der Waals surface area contributed by atoms with Crippen LogP contribution in [-0.2, 0) is 10.1 Å². The fourth-order valence-electron chi connectivity index (χ4n) is 1.49. The Hall–Kier alpha value is -2.00. The minimum atomic E-state index is -4.44. The average molecular weight is 376 g/mol. The molecule has 110 valence electrons. The second-order valence-electron chi connectivity index (χ2n) is 3.87. The molecular formula is C12H7BrFNO5S. The third-order valence-electron chi connectivity index (χ3n) is 2.40. The summed E-state index contributed by atoms with van der Waals surface area (Å²) in [5.74, 6) is -1.26. The molecule has 0 spiro atoms. The van der Waals surface area contributed by atoms with Crippen molar-refractivity contribution in [1.82, 2.24) is 0 Å². The number of non-ortho nitro benzene ring substituents is 1. The molecule has 0 aliphatic rings. The third-order valence-corrected chi connectivity index (χ3v) is 4.15. The van der Waals surface area contributed by atoms with E-state index in [2.05, 4.69) is 15.9 Å². The van der Waals surface area contributed by atoms with Gasteiger partial charge in [-0.2, -0.15) is 8.42 Å². The van der Waals surface area contributed by atoms with E-state index < -0.39 is 25.8 Å². The van der Waals surface area contributed by atoms with E-state index in [9.17, 15) is 22.9 Å². The van der Waals surface area contributed by atoms with Gasteiger partial charge in [0.2, 0.25) is 0 Å². The Kier molecular flexibility index (Phi) is 4.24. The van der Waals surface area contributed by atoms with Gasteiger partial charge >= 0.3 is 10.1 Å². The highest BCUT2D eigenvalue weighted by molar-refractivity contribution is 9.10. The predicted molar refractivity (Wildman–Crippen MR) is 75.0 cm³/mol. The van der Waals surface area contributed by atoms with Gasteiger partial charge in [0.05, 0.1) is 11.0 Å². The van der Waals surface area contributed by atoms with Crippen LogP contribution < -0.4 is 4.18 Å². The lowest BCUT2D eigenvalue weighted by atomic mass is 10.3. The number of nitrogens with zero attached hydrogens (tertiary/aromatic N) is 1. The van der Waals surface area contributed by atoms with Crippen LogP contribution in [0.1, 0.15) is 0 Å². The van der Waals surface area contributed by atoms with Crippen molar-refractivity contribution < 1.29 is 21.9 Å². The fourth-order valence-corrected chi connectivity index (χ4v) is 3.03. The molecule has 0 aliphatic heterocycles. The lowest BCUT2D eigenvalue weighted by molar-refractivity contribution is -0.384. The molecule has 0 N–H and O–H groups in total. The van der Waals surface area contributed by atoms with Gasteiger partial charge in [-0.25, -0.2) is 4.39 Å². The Bertz CT molecular complexity index is 809. The summed E-state index contributed by atoms with van der Waals surface area (Å²) in [6.07, 6.45) is 0. The molecule has 2 aromatic rings. The van der Waals surface area contributed by atoms with Gasteiger partial charge in [0.25, 0.3) is 5.69 Å². The van der Waals surface area contributed by atoms with Gasteiger partial charge in [0, 0.05) is 10.5 Å². The Morgan fingerprint density at radius 3 is 2.57 bits per heavy atom. The average Bonchev–Trinajstić information content (AvgIpc) is 2.41. The molecule has 2 rings (SSSR count). The normalized spacial score (nSPS) is 11.1. The number of hydrogen-bond acceptors (Lipinski definition) is 5. The molecule has 9 heteroatoms. The molecule has 0 saturated heterocycles. The minimum Gasteiger partial charge on any atom is -0.379 e. The summed E-state index contributed by atoms with van der Waals surface area (Å²) in [4.78, 5) is 9.26. The highest BCUT2D eigenvalue weighted by atomic mass is 79.9. The van der Waals surface area contributed by atoms with E-state index in [-0.39, 0.29) is 11.4 Å². The topological polar surface area (TPSA) is 86.5 Å². The maximum atomic E-state index is 13.6. The smallest absolute Gasteiger partial charge is 0.342 e. The number of hydrogen-bond donors (Lipinski definition) is 0. The van der Waals surface area contributed by atoms with Crippen LogP contribution in [0.25, 0.3) is 0 Å². The molecule has 0 amide bonds. The Morgan fingerprint density at radius 1 is 1.19 bits per heavy atom. The van der Waals surface area contributed by atoms with E-state index in [1.165, 1.54) is 24.3 Å². The summed E-state index contributed by atoms with van der Waals surface area (Å²) in [7, 11) is -4.44. The molecule has 0 saturated carbocycles. The maximum Gasteiger partial charge on any atom is 0.342 e. The van der Waals surface area contributed by atoms with Crippen LogP contribution in [0.15, 0.2) is 51.8 Å². The van der Waals surface area contributed by atoms with Gasteiger partial charge in [-0.1, -0.05) is 22.0 Å². The zero-order valence-corrected chi connectivity index (χ0v) is 12.6. The summed E-state index contributed by atoms with van der Waals surface area (Å²) in [6, 6.07) is 7.95. The van der Waals surface area contributed by atoms with Gasteiger partial charge < -0.3 is 4.18 Å². The molecule has 0 unspecified atom stereocenters. The first-order valence-electron chi connectivity index (χ1n) is 5.43. The first-order valence-corrected chi connectivity index (χ1v) is 7.64. The van der Waals surface area contributed by atoms with Crippen molar-refractivity contribution in [1.29, 1.82) is 0 Å². The Morgan fingerprint density at radius 2 is 1.90 bits per heavy atom. The standard InChI is InChI=1S/C12H7BrFNO5S/c13-8-4-5-11(14)12(6-8)21(18,19)20-10-3-1-2-9(7-10)15(16)17/h1-7H. The number of benzene rings is 2. The highest BCUT2D eigenvalue weighted by Crippen LogP contribution is 2.26. The molecular weight excluding hydrogens is 369 g/mol. The van der Waals surface area contributed by atoms with E-state index in [0.29, 0.717) is 4.47 Å². The summed E-state index contributed by atoms with van der Waals surface area (Å²) in [5, 5.41) is 10.6. The van der Waals surface area contributed by atoms with Gasteiger partial charge in [-0.3, -0.25) is 10.1 Å². The summed E-state index contributed by atoms with van der Waals surface area (Å²) < 4.78 is 42.7. The zero-order valence-electron chi connectivity index (χ0n) is 10.2. The second kappa shape index (κ2) is 5.78. The van der Waals surface area contributed by atoms with Crippen LogP contribution in [-0.4, -0.2) is 13.3 Å². The minimum absolute atomic E-state index is 0.274. The number of rotatable bonds is 4. The van der Waals surface area contributed by atoms with Gasteiger partial charge in [-0.05, 0) is 24.3 Å². The maximum absolute atomic E-state index is 13.6. The lowest BCUT2D eigenvalue weighted by Crippen LogP contribution is -2.11. The number of halogens is 2. The Balaban J connectivity index is 2.40. The SMILES string of the molecule is O=[N+]([O-])c1cccc(OS(=O)(=O)c2cc(Br)ccc2F)c1. The van der Waals surface area contributed by atoms with Gasteiger partial charge in [0.15, 0.2) is 0 Å². The zero-order chi connectivity index (χ0) is 15.6. The summed E-state index contributed by atoms with van der Waals surface area (Å²) >= 11 is 3.03. The molecule has 0 heterocycles. The molecule has 21 heavy (non-hydrogen) atoms. The van der Waals surface area contributed by atoms with Gasteiger partial charge in [-0.15, -0.1) is 0 Å². The third kappa shape index (κ3) is 3.56. The van der Waals surface area contributed by atoms with Crippen molar-refractivity contribution in [3.63, 3.8) is 0 Å². The van der Waals surface area contributed by atoms with Crippen molar-refractivity contribution in [2.45, 2.75) is 4.90 Å². The van der Waals surface area contributed by atoms with Crippen molar-refractivity contribution >= 4 is 31.7 Å². The van der Waals surface area contributed by atoms with Crippen LogP contribution in [0, 0.1) is 15.9 Å². The van der Waals surface area contributed by atoms with Crippen molar-refractivity contribution in [3.8, 4) is 5.75 Å². The van der Waals surface area contributed by atoms with Crippen LogP contribution >= 0.6 is 15.9 Å². The fraction of sp³-hybridized carbons (Fsp3) is 0. The van der Waals surface area contributed by atoms with Crippen LogP contribution in [0.5, 0.6) is 5.75 Å². The molecule has 0 bridgehead atoms. The Labute approximate surface area is 127 Å². The van der Waals surface area contributed by atoms with E-state index in [1.54, 1.807) is 0 Å². The molecule has 0 fully saturated rings. The van der Waals surface area contributed by atoms with Crippen LogP contribution in [0.3, 0.4) is 0 Å². The summed E-state index contributed by atoms with van der Waals surface area (Å²) in [5.41, 5.74) is -0.336. The quantitative estimate of drug-likeness (QED) is 0.465. The largest absolute Gasteiger partial charge is 0.379 e. The van der Waals surface area contributed by atoms with E-state index >= 15 is 0 Å². The second-order valence-corrected chi connectivity index (χ2v) is 6.30. The molecule has 0 aromatic heterocycles. The predicted octanol–water partition coefficient (Wildman–Crippen LogP) is 3.26. The molecule has 0 aliphatic carbocycles. The van der Waals surface area contributed by atoms with Crippen molar-refractivity contribution in [2.24, 2.45) is 0 Å². The number of nitro benzene ring substituents is 1. The van der Waals surface area contributed by atoms with Crippen molar-refractivity contribution in [3.05, 3.63) is 62.9 Å². The number of nitro groups is 1.